The van der Waals surface area contributed by atoms with Crippen molar-refractivity contribution in [3.05, 3.63) is 52.4 Å². The number of anilines is 1. The first-order valence-electron chi connectivity index (χ1n) is 7.41. The number of nitrogens with zero attached hydrogens (tertiary/aromatic N) is 3. The summed E-state index contributed by atoms with van der Waals surface area (Å²) in [5.74, 6) is 2.08. The lowest BCUT2D eigenvalue weighted by Crippen LogP contribution is -2.05. The highest BCUT2D eigenvalue weighted by Gasteiger charge is 2.08. The third kappa shape index (κ3) is 3.76. The summed E-state index contributed by atoms with van der Waals surface area (Å²) in [7, 11) is 0. The van der Waals surface area contributed by atoms with E-state index in [-0.39, 0.29) is 0 Å². The fourth-order valence-corrected chi connectivity index (χ4v) is 2.77. The van der Waals surface area contributed by atoms with Gasteiger partial charge in [-0.05, 0) is 31.5 Å². The summed E-state index contributed by atoms with van der Waals surface area (Å²) in [6.07, 6.45) is 1.72. The van der Waals surface area contributed by atoms with Crippen molar-refractivity contribution < 1.29 is 4.74 Å². The number of benzene rings is 1. The Bertz CT molecular complexity index is 838. The maximum Gasteiger partial charge on any atom is 0.214 e. The van der Waals surface area contributed by atoms with Gasteiger partial charge in [0.15, 0.2) is 0 Å². The number of ether oxygens (including phenoxy) is 1. The molecule has 0 saturated carbocycles. The quantitative estimate of drug-likeness (QED) is 0.730. The summed E-state index contributed by atoms with van der Waals surface area (Å²) in [6.45, 7) is 5.06. The van der Waals surface area contributed by atoms with Crippen LogP contribution in [0.2, 0.25) is 0 Å². The standard InChI is InChI=1S/C17H17BrN4O/c1-3-23-16-8-14-15(10-19-16)21-11(2)22-17(14)20-9-12-5-4-6-13(18)7-12/h4-8,10H,3,9H2,1-2H3,(H,20,21,22). The van der Waals surface area contributed by atoms with Crippen molar-refractivity contribution in [2.45, 2.75) is 20.4 Å². The molecule has 1 N–H and O–H groups in total. The molecule has 2 aromatic heterocycles. The first kappa shape index (κ1) is 15.7. The van der Waals surface area contributed by atoms with E-state index in [0.717, 1.165) is 21.2 Å². The third-order valence-corrected chi connectivity index (χ3v) is 3.80. The molecule has 6 heteroatoms. The molecule has 0 bridgehead atoms. The van der Waals surface area contributed by atoms with E-state index >= 15 is 0 Å². The molecule has 0 aliphatic heterocycles. The number of fused-ring (bicyclic) bond motifs is 1. The zero-order valence-electron chi connectivity index (χ0n) is 13.0. The van der Waals surface area contributed by atoms with Gasteiger partial charge in [0.2, 0.25) is 5.88 Å². The molecule has 0 atom stereocenters. The van der Waals surface area contributed by atoms with Crippen LogP contribution in [0, 0.1) is 6.92 Å². The van der Waals surface area contributed by atoms with Gasteiger partial charge in [-0.3, -0.25) is 0 Å². The SMILES string of the molecule is CCOc1cc2c(NCc3cccc(Br)c3)nc(C)nc2cn1. The van der Waals surface area contributed by atoms with Crippen molar-refractivity contribution in [2.24, 2.45) is 0 Å². The Morgan fingerprint density at radius 2 is 2.09 bits per heavy atom. The van der Waals surface area contributed by atoms with E-state index in [1.807, 2.05) is 32.0 Å². The van der Waals surface area contributed by atoms with Gasteiger partial charge in [0.25, 0.3) is 0 Å². The predicted molar refractivity (Wildman–Crippen MR) is 94.7 cm³/mol. The van der Waals surface area contributed by atoms with E-state index in [4.69, 9.17) is 4.74 Å². The lowest BCUT2D eigenvalue weighted by molar-refractivity contribution is 0.327. The maximum atomic E-state index is 5.48. The van der Waals surface area contributed by atoms with Crippen LogP contribution in [-0.4, -0.2) is 21.6 Å². The number of pyridine rings is 1. The average Bonchev–Trinajstić information content (AvgIpc) is 2.53. The third-order valence-electron chi connectivity index (χ3n) is 3.31. The molecule has 0 spiro atoms. The van der Waals surface area contributed by atoms with Gasteiger partial charge >= 0.3 is 0 Å². The van der Waals surface area contributed by atoms with Crippen molar-refractivity contribution in [1.29, 1.82) is 0 Å². The Morgan fingerprint density at radius 1 is 1.22 bits per heavy atom. The average molecular weight is 373 g/mol. The van der Waals surface area contributed by atoms with Gasteiger partial charge in [0, 0.05) is 22.5 Å². The molecule has 0 unspecified atom stereocenters. The van der Waals surface area contributed by atoms with Crippen LogP contribution < -0.4 is 10.1 Å². The van der Waals surface area contributed by atoms with E-state index in [2.05, 4.69) is 48.3 Å². The molecule has 3 aromatic rings. The molecule has 118 valence electrons. The highest BCUT2D eigenvalue weighted by atomic mass is 79.9. The maximum absolute atomic E-state index is 5.48. The molecule has 0 fully saturated rings. The van der Waals surface area contributed by atoms with Crippen LogP contribution in [0.4, 0.5) is 5.82 Å². The molecule has 0 saturated heterocycles. The van der Waals surface area contributed by atoms with E-state index in [9.17, 15) is 0 Å². The minimum atomic E-state index is 0.575. The van der Waals surface area contributed by atoms with Crippen molar-refractivity contribution in [3.63, 3.8) is 0 Å². The first-order chi connectivity index (χ1) is 11.2. The number of hydrogen-bond donors (Lipinski definition) is 1. The van der Waals surface area contributed by atoms with Gasteiger partial charge < -0.3 is 10.1 Å². The fourth-order valence-electron chi connectivity index (χ4n) is 2.32. The lowest BCUT2D eigenvalue weighted by Gasteiger charge is -2.11. The Hall–Kier alpha value is -2.21. The van der Waals surface area contributed by atoms with Gasteiger partial charge in [-0.25, -0.2) is 15.0 Å². The molecule has 0 aliphatic rings. The molecule has 23 heavy (non-hydrogen) atoms. The minimum absolute atomic E-state index is 0.575. The van der Waals surface area contributed by atoms with Crippen LogP contribution in [-0.2, 0) is 6.54 Å². The monoisotopic (exact) mass is 372 g/mol. The van der Waals surface area contributed by atoms with Crippen LogP contribution in [0.5, 0.6) is 5.88 Å². The van der Waals surface area contributed by atoms with Crippen molar-refractivity contribution in [1.82, 2.24) is 15.0 Å². The molecule has 0 amide bonds. The molecule has 2 heterocycles. The normalized spacial score (nSPS) is 10.7. The van der Waals surface area contributed by atoms with Gasteiger partial charge in [0.1, 0.15) is 11.6 Å². The van der Waals surface area contributed by atoms with Gasteiger partial charge in [-0.15, -0.1) is 0 Å². The second-order valence-electron chi connectivity index (χ2n) is 5.08. The van der Waals surface area contributed by atoms with Crippen LogP contribution in [0.1, 0.15) is 18.3 Å². The fraction of sp³-hybridized carbons (Fsp3) is 0.235. The van der Waals surface area contributed by atoms with Gasteiger partial charge in [0.05, 0.1) is 18.3 Å². The highest BCUT2D eigenvalue weighted by molar-refractivity contribution is 9.10. The molecular formula is C17H17BrN4O. The van der Waals surface area contributed by atoms with Crippen molar-refractivity contribution in [2.75, 3.05) is 11.9 Å². The van der Waals surface area contributed by atoms with Crippen LogP contribution in [0.3, 0.4) is 0 Å². The number of rotatable bonds is 5. The Balaban J connectivity index is 1.93. The predicted octanol–water partition coefficient (Wildman–Crippen LogP) is 4.11. The molecule has 3 rings (SSSR count). The zero-order chi connectivity index (χ0) is 16.2. The second kappa shape index (κ2) is 6.91. The van der Waals surface area contributed by atoms with Crippen LogP contribution >= 0.6 is 15.9 Å². The Morgan fingerprint density at radius 3 is 2.87 bits per heavy atom. The summed E-state index contributed by atoms with van der Waals surface area (Å²) in [6, 6.07) is 10.1. The number of halogens is 1. The second-order valence-corrected chi connectivity index (χ2v) is 5.99. The van der Waals surface area contributed by atoms with E-state index in [0.29, 0.717) is 24.9 Å². The topological polar surface area (TPSA) is 59.9 Å². The molecule has 0 aliphatic carbocycles. The molecular weight excluding hydrogens is 356 g/mol. The van der Waals surface area contributed by atoms with E-state index in [1.165, 1.54) is 5.56 Å². The lowest BCUT2D eigenvalue weighted by atomic mass is 10.2. The summed E-state index contributed by atoms with van der Waals surface area (Å²) >= 11 is 3.49. The van der Waals surface area contributed by atoms with E-state index in [1.54, 1.807) is 6.20 Å². The number of aromatic nitrogens is 3. The Labute approximate surface area is 143 Å². The highest BCUT2D eigenvalue weighted by Crippen LogP contribution is 2.24. The summed E-state index contributed by atoms with van der Waals surface area (Å²) < 4.78 is 6.54. The van der Waals surface area contributed by atoms with Gasteiger partial charge in [-0.2, -0.15) is 0 Å². The van der Waals surface area contributed by atoms with Crippen molar-refractivity contribution in [3.8, 4) is 5.88 Å². The number of aryl methyl sites for hydroxylation is 1. The number of nitrogens with one attached hydrogen (secondary N) is 1. The molecule has 0 radical (unpaired) electrons. The largest absolute Gasteiger partial charge is 0.478 e. The smallest absolute Gasteiger partial charge is 0.214 e. The summed E-state index contributed by atoms with van der Waals surface area (Å²) in [5, 5.41) is 4.29. The summed E-state index contributed by atoms with van der Waals surface area (Å²) in [5.41, 5.74) is 1.97. The summed E-state index contributed by atoms with van der Waals surface area (Å²) in [4.78, 5) is 13.2. The Kier molecular flexibility index (Phi) is 4.71. The van der Waals surface area contributed by atoms with Crippen LogP contribution in [0.15, 0.2) is 41.0 Å². The zero-order valence-corrected chi connectivity index (χ0v) is 14.6. The van der Waals surface area contributed by atoms with E-state index < -0.39 is 0 Å². The number of hydrogen-bond acceptors (Lipinski definition) is 5. The minimum Gasteiger partial charge on any atom is -0.478 e. The first-order valence-corrected chi connectivity index (χ1v) is 8.20. The van der Waals surface area contributed by atoms with Crippen molar-refractivity contribution >= 4 is 32.7 Å². The van der Waals surface area contributed by atoms with Crippen LogP contribution in [0.25, 0.3) is 10.9 Å². The van der Waals surface area contributed by atoms with Gasteiger partial charge in [-0.1, -0.05) is 28.1 Å². The molecule has 1 aromatic carbocycles. The molecule has 5 nitrogen and oxygen atoms in total.